The van der Waals surface area contributed by atoms with Crippen LogP contribution in [0.2, 0.25) is 0 Å². The molecule has 0 aliphatic carbocycles. The number of methoxy groups -OCH3 is 1. The molecule has 0 atom stereocenters. The van der Waals surface area contributed by atoms with Crippen molar-refractivity contribution in [2.45, 2.75) is 19.9 Å². The number of carbonyl (C=O) groups is 2. The van der Waals surface area contributed by atoms with Crippen LogP contribution in [-0.2, 0) is 14.3 Å². The normalized spacial score (nSPS) is 15.3. The second-order valence-electron chi connectivity index (χ2n) is 6.83. The summed E-state index contributed by atoms with van der Waals surface area (Å²) in [5, 5.41) is 6.16. The zero-order valence-corrected chi connectivity index (χ0v) is 19.5. The first-order valence-corrected chi connectivity index (χ1v) is 9.07. The first-order valence-electron chi connectivity index (χ1n) is 9.07. The molecule has 0 aromatic rings. The van der Waals surface area contributed by atoms with Gasteiger partial charge in [0.05, 0.1) is 13.2 Å². The highest BCUT2D eigenvalue weighted by Gasteiger charge is 2.21. The van der Waals surface area contributed by atoms with E-state index in [0.29, 0.717) is 25.7 Å². The Kier molecular flexibility index (Phi) is 13.4. The van der Waals surface area contributed by atoms with Gasteiger partial charge in [-0.25, -0.2) is 4.99 Å². The summed E-state index contributed by atoms with van der Waals surface area (Å²) in [7, 11) is 5.09. The van der Waals surface area contributed by atoms with Gasteiger partial charge < -0.3 is 25.2 Å². The van der Waals surface area contributed by atoms with Gasteiger partial charge in [-0.3, -0.25) is 14.5 Å². The predicted molar refractivity (Wildman–Crippen MR) is 118 cm³/mol. The van der Waals surface area contributed by atoms with Crippen LogP contribution in [0.3, 0.4) is 0 Å². The summed E-state index contributed by atoms with van der Waals surface area (Å²) in [6, 6.07) is 0.154. The molecule has 1 aliphatic heterocycles. The number of ether oxygens (including phenoxy) is 1. The third-order valence-electron chi connectivity index (χ3n) is 3.94. The molecule has 9 nitrogen and oxygen atoms in total. The van der Waals surface area contributed by atoms with Crippen molar-refractivity contribution in [1.82, 2.24) is 25.3 Å². The molecule has 1 saturated heterocycles. The number of hydrogen-bond donors (Lipinski definition) is 2. The van der Waals surface area contributed by atoms with Crippen molar-refractivity contribution < 1.29 is 14.3 Å². The summed E-state index contributed by atoms with van der Waals surface area (Å²) in [4.78, 5) is 33.9. The van der Waals surface area contributed by atoms with Crippen molar-refractivity contribution in [3.8, 4) is 0 Å². The van der Waals surface area contributed by atoms with E-state index < -0.39 is 0 Å². The quantitative estimate of drug-likeness (QED) is 0.202. The Balaban J connectivity index is 0.00000676. The highest BCUT2D eigenvalue weighted by Crippen LogP contribution is 2.02. The van der Waals surface area contributed by atoms with Gasteiger partial charge in [0.25, 0.3) is 0 Å². The average Bonchev–Trinajstić information content (AvgIpc) is 2.57. The van der Waals surface area contributed by atoms with Gasteiger partial charge in [0, 0.05) is 60.0 Å². The zero-order chi connectivity index (χ0) is 19.5. The van der Waals surface area contributed by atoms with Crippen LogP contribution in [-0.4, -0.2) is 112 Å². The number of carbonyl (C=O) groups excluding carboxylic acids is 2. The molecule has 1 rings (SSSR count). The number of nitrogens with one attached hydrogen (secondary N) is 2. The van der Waals surface area contributed by atoms with E-state index in [1.54, 1.807) is 21.2 Å². The van der Waals surface area contributed by atoms with Crippen LogP contribution in [0, 0.1) is 0 Å². The fourth-order valence-electron chi connectivity index (χ4n) is 2.51. The molecule has 0 bridgehead atoms. The van der Waals surface area contributed by atoms with Gasteiger partial charge in [0.2, 0.25) is 11.8 Å². The minimum atomic E-state index is -0.0416. The predicted octanol–water partition coefficient (Wildman–Crippen LogP) is -0.573. The first-order chi connectivity index (χ1) is 12.3. The van der Waals surface area contributed by atoms with E-state index in [-0.39, 0.29) is 48.4 Å². The highest BCUT2D eigenvalue weighted by molar-refractivity contribution is 14.0. The van der Waals surface area contributed by atoms with Crippen LogP contribution in [0.4, 0.5) is 0 Å². The SMILES string of the molecule is COCCNC(=NCC(=O)N(C)C)N1CCN(CC(=O)NC(C)C)CC1.I. The van der Waals surface area contributed by atoms with E-state index in [1.807, 2.05) is 13.8 Å². The topological polar surface area (TPSA) is 89.5 Å². The van der Waals surface area contributed by atoms with E-state index in [1.165, 1.54) is 4.90 Å². The highest BCUT2D eigenvalue weighted by atomic mass is 127. The van der Waals surface area contributed by atoms with Gasteiger partial charge >= 0.3 is 0 Å². The van der Waals surface area contributed by atoms with Crippen LogP contribution in [0.25, 0.3) is 0 Å². The van der Waals surface area contributed by atoms with Crippen LogP contribution in [0.5, 0.6) is 0 Å². The van der Waals surface area contributed by atoms with E-state index in [0.717, 1.165) is 26.2 Å². The third-order valence-corrected chi connectivity index (χ3v) is 3.94. The largest absolute Gasteiger partial charge is 0.383 e. The Hall–Kier alpha value is -1.14. The monoisotopic (exact) mass is 498 g/mol. The second kappa shape index (κ2) is 13.9. The Morgan fingerprint density at radius 1 is 1.19 bits per heavy atom. The minimum Gasteiger partial charge on any atom is -0.383 e. The molecule has 0 aromatic carbocycles. The number of rotatable bonds is 8. The number of aliphatic imine (C=N–C) groups is 1. The molecule has 2 N–H and O–H groups in total. The molecule has 0 spiro atoms. The standard InChI is InChI=1S/C17H34N6O3.HI/c1-14(2)20-15(24)13-22-7-9-23(10-8-22)17(18-6-11-26-5)19-12-16(25)21(3)4;/h14H,6-13H2,1-5H3,(H,18,19)(H,20,24);1H. The van der Waals surface area contributed by atoms with Gasteiger partial charge in [-0.05, 0) is 13.8 Å². The van der Waals surface area contributed by atoms with E-state index in [9.17, 15) is 9.59 Å². The number of hydrogen-bond acceptors (Lipinski definition) is 5. The maximum absolute atomic E-state index is 11.9. The number of guanidine groups is 1. The van der Waals surface area contributed by atoms with E-state index >= 15 is 0 Å². The fourth-order valence-corrected chi connectivity index (χ4v) is 2.51. The summed E-state index contributed by atoms with van der Waals surface area (Å²) in [6.07, 6.45) is 0. The second-order valence-corrected chi connectivity index (χ2v) is 6.83. The lowest BCUT2D eigenvalue weighted by Gasteiger charge is -2.36. The molecular formula is C17H35IN6O3. The van der Waals surface area contributed by atoms with Crippen LogP contribution >= 0.6 is 24.0 Å². The molecule has 1 fully saturated rings. The van der Waals surface area contributed by atoms with E-state index in [2.05, 4.69) is 25.4 Å². The van der Waals surface area contributed by atoms with Gasteiger partial charge in [0.15, 0.2) is 5.96 Å². The molecule has 158 valence electrons. The number of nitrogens with zero attached hydrogens (tertiary/aromatic N) is 4. The maximum Gasteiger partial charge on any atom is 0.243 e. The number of piperazine rings is 1. The Labute approximate surface area is 179 Å². The summed E-state index contributed by atoms with van der Waals surface area (Å²) >= 11 is 0. The van der Waals surface area contributed by atoms with Crippen molar-refractivity contribution in [3.63, 3.8) is 0 Å². The lowest BCUT2D eigenvalue weighted by molar-refractivity contribution is -0.127. The molecular weight excluding hydrogens is 463 g/mol. The van der Waals surface area contributed by atoms with Gasteiger partial charge in [0.1, 0.15) is 6.54 Å². The maximum atomic E-state index is 11.9. The van der Waals surface area contributed by atoms with Crippen molar-refractivity contribution in [2.24, 2.45) is 4.99 Å². The summed E-state index contributed by atoms with van der Waals surface area (Å²) in [6.45, 7) is 8.69. The van der Waals surface area contributed by atoms with Crippen molar-refractivity contribution in [3.05, 3.63) is 0 Å². The zero-order valence-electron chi connectivity index (χ0n) is 17.2. The minimum absolute atomic E-state index is 0. The average molecular weight is 498 g/mol. The molecule has 0 saturated carbocycles. The molecule has 10 heteroatoms. The summed E-state index contributed by atoms with van der Waals surface area (Å²) < 4.78 is 5.07. The van der Waals surface area contributed by atoms with Crippen LogP contribution < -0.4 is 10.6 Å². The lowest BCUT2D eigenvalue weighted by atomic mass is 10.3. The van der Waals surface area contributed by atoms with Gasteiger partial charge in [-0.2, -0.15) is 0 Å². The summed E-state index contributed by atoms with van der Waals surface area (Å²) in [5.41, 5.74) is 0. The number of amides is 2. The van der Waals surface area contributed by atoms with Gasteiger partial charge in [-0.15, -0.1) is 24.0 Å². The van der Waals surface area contributed by atoms with E-state index in [4.69, 9.17) is 4.74 Å². The smallest absolute Gasteiger partial charge is 0.243 e. The Morgan fingerprint density at radius 3 is 2.33 bits per heavy atom. The molecule has 1 aliphatic rings. The van der Waals surface area contributed by atoms with Crippen molar-refractivity contribution in [2.75, 3.05) is 73.6 Å². The molecule has 27 heavy (non-hydrogen) atoms. The van der Waals surface area contributed by atoms with Crippen LogP contribution in [0.1, 0.15) is 13.8 Å². The Bertz CT molecular complexity index is 479. The fraction of sp³-hybridized carbons (Fsp3) is 0.824. The molecule has 2 amide bonds. The summed E-state index contributed by atoms with van der Waals surface area (Å²) in [5.74, 6) is 0.723. The Morgan fingerprint density at radius 2 is 1.81 bits per heavy atom. The van der Waals surface area contributed by atoms with Crippen molar-refractivity contribution >= 4 is 41.8 Å². The van der Waals surface area contributed by atoms with Gasteiger partial charge in [-0.1, -0.05) is 0 Å². The first kappa shape index (κ1) is 25.9. The van der Waals surface area contributed by atoms with Crippen molar-refractivity contribution in [1.29, 1.82) is 0 Å². The van der Waals surface area contributed by atoms with Crippen LogP contribution in [0.15, 0.2) is 4.99 Å². The lowest BCUT2D eigenvalue weighted by Crippen LogP contribution is -2.54. The number of likely N-dealkylation sites (N-methyl/N-ethyl adjacent to an activating group) is 1. The molecule has 0 radical (unpaired) electrons. The molecule has 0 aromatic heterocycles. The molecule has 0 unspecified atom stereocenters. The number of halogens is 1. The third kappa shape index (κ3) is 10.7. The molecule has 1 heterocycles.